The van der Waals surface area contributed by atoms with Crippen LogP contribution in [0.15, 0.2) is 18.2 Å². The van der Waals surface area contributed by atoms with Gasteiger partial charge in [-0.2, -0.15) is 0 Å². The molecule has 1 atom stereocenters. The fourth-order valence-corrected chi connectivity index (χ4v) is 2.81. The zero-order valence-corrected chi connectivity index (χ0v) is 12.5. The Morgan fingerprint density at radius 1 is 1.37 bits per heavy atom. The standard InChI is InChI=1S/C13H15ClN2O2S/c1-7(2)11-13(19-16-15-11)12(17)8-4-5-9(14)10(6-8)18-3/h4-7,12,17H,1-3H3. The number of aliphatic hydroxyl groups is 1. The largest absolute Gasteiger partial charge is 0.495 e. The summed E-state index contributed by atoms with van der Waals surface area (Å²) in [5.41, 5.74) is 1.54. The topological polar surface area (TPSA) is 55.2 Å². The molecule has 0 saturated carbocycles. The minimum absolute atomic E-state index is 0.220. The molecule has 4 nitrogen and oxygen atoms in total. The summed E-state index contributed by atoms with van der Waals surface area (Å²) >= 11 is 7.19. The Bertz CT molecular complexity index is 572. The number of nitrogens with zero attached hydrogens (tertiary/aromatic N) is 2. The van der Waals surface area contributed by atoms with Crippen molar-refractivity contribution in [3.05, 3.63) is 39.4 Å². The minimum Gasteiger partial charge on any atom is -0.495 e. The summed E-state index contributed by atoms with van der Waals surface area (Å²) in [4.78, 5) is 0.763. The molecule has 1 aromatic carbocycles. The highest BCUT2D eigenvalue weighted by molar-refractivity contribution is 7.05. The molecule has 0 aliphatic rings. The van der Waals surface area contributed by atoms with E-state index in [-0.39, 0.29) is 5.92 Å². The van der Waals surface area contributed by atoms with Gasteiger partial charge in [0.25, 0.3) is 0 Å². The van der Waals surface area contributed by atoms with Crippen LogP contribution >= 0.6 is 23.1 Å². The normalized spacial score (nSPS) is 12.7. The Morgan fingerprint density at radius 2 is 2.11 bits per heavy atom. The maximum absolute atomic E-state index is 10.5. The fourth-order valence-electron chi connectivity index (χ4n) is 1.79. The van der Waals surface area contributed by atoms with Crippen molar-refractivity contribution in [2.24, 2.45) is 0 Å². The van der Waals surface area contributed by atoms with Crippen molar-refractivity contribution in [2.75, 3.05) is 7.11 Å². The first-order chi connectivity index (χ1) is 9.04. The maximum Gasteiger partial charge on any atom is 0.137 e. The van der Waals surface area contributed by atoms with Crippen molar-refractivity contribution in [3.63, 3.8) is 0 Å². The van der Waals surface area contributed by atoms with Crippen LogP contribution in [0, 0.1) is 0 Å². The van der Waals surface area contributed by atoms with E-state index in [0.717, 1.165) is 10.6 Å². The van der Waals surface area contributed by atoms with Crippen LogP contribution in [0.1, 0.15) is 42.0 Å². The van der Waals surface area contributed by atoms with Gasteiger partial charge in [0.2, 0.25) is 0 Å². The summed E-state index contributed by atoms with van der Waals surface area (Å²) in [6.45, 7) is 4.05. The molecule has 0 saturated heterocycles. The number of rotatable bonds is 4. The molecule has 0 fully saturated rings. The van der Waals surface area contributed by atoms with Gasteiger partial charge in [-0.05, 0) is 35.1 Å². The van der Waals surface area contributed by atoms with Gasteiger partial charge >= 0.3 is 0 Å². The smallest absolute Gasteiger partial charge is 0.137 e. The molecule has 1 unspecified atom stereocenters. The molecule has 102 valence electrons. The molecule has 2 rings (SSSR count). The van der Waals surface area contributed by atoms with Gasteiger partial charge in [-0.3, -0.25) is 0 Å². The summed E-state index contributed by atoms with van der Waals surface area (Å²) in [7, 11) is 1.55. The second kappa shape index (κ2) is 5.86. The second-order valence-electron chi connectivity index (χ2n) is 4.47. The Morgan fingerprint density at radius 3 is 2.74 bits per heavy atom. The van der Waals surface area contributed by atoms with Crippen LogP contribution in [-0.2, 0) is 0 Å². The Kier molecular flexibility index (Phi) is 4.39. The van der Waals surface area contributed by atoms with Crippen molar-refractivity contribution in [2.45, 2.75) is 25.9 Å². The highest BCUT2D eigenvalue weighted by atomic mass is 35.5. The average molecular weight is 299 g/mol. The van der Waals surface area contributed by atoms with Crippen LogP contribution in [-0.4, -0.2) is 21.8 Å². The minimum atomic E-state index is -0.761. The van der Waals surface area contributed by atoms with Crippen molar-refractivity contribution < 1.29 is 9.84 Å². The van der Waals surface area contributed by atoms with Crippen LogP contribution in [0.2, 0.25) is 5.02 Å². The van der Waals surface area contributed by atoms with Gasteiger partial charge in [-0.1, -0.05) is 36.0 Å². The van der Waals surface area contributed by atoms with Gasteiger partial charge in [0.1, 0.15) is 11.9 Å². The molecule has 1 N–H and O–H groups in total. The van der Waals surface area contributed by atoms with Crippen molar-refractivity contribution in [1.29, 1.82) is 0 Å². The van der Waals surface area contributed by atoms with E-state index in [1.807, 2.05) is 13.8 Å². The van der Waals surface area contributed by atoms with Crippen LogP contribution in [0.25, 0.3) is 0 Å². The zero-order valence-electron chi connectivity index (χ0n) is 10.9. The number of hydrogen-bond acceptors (Lipinski definition) is 5. The van der Waals surface area contributed by atoms with E-state index in [2.05, 4.69) is 9.59 Å². The SMILES string of the molecule is COc1cc(C(O)c2snnc2C(C)C)ccc1Cl. The third-order valence-electron chi connectivity index (χ3n) is 2.83. The average Bonchev–Trinajstić information content (AvgIpc) is 2.87. The number of aromatic nitrogens is 2. The lowest BCUT2D eigenvalue weighted by molar-refractivity contribution is 0.222. The molecule has 0 bridgehead atoms. The highest BCUT2D eigenvalue weighted by Crippen LogP contribution is 2.34. The molecule has 0 aliphatic heterocycles. The van der Waals surface area contributed by atoms with Gasteiger partial charge < -0.3 is 9.84 Å². The number of ether oxygens (including phenoxy) is 1. The number of hydrogen-bond donors (Lipinski definition) is 1. The lowest BCUT2D eigenvalue weighted by Gasteiger charge is -2.13. The quantitative estimate of drug-likeness (QED) is 0.940. The predicted octanol–water partition coefficient (Wildman–Crippen LogP) is 3.41. The maximum atomic E-state index is 10.5. The molecule has 19 heavy (non-hydrogen) atoms. The molecule has 0 radical (unpaired) electrons. The van der Waals surface area contributed by atoms with E-state index in [1.54, 1.807) is 25.3 Å². The molecule has 6 heteroatoms. The van der Waals surface area contributed by atoms with Crippen LogP contribution in [0.4, 0.5) is 0 Å². The number of methoxy groups -OCH3 is 1. The highest BCUT2D eigenvalue weighted by Gasteiger charge is 2.21. The number of halogens is 1. The Hall–Kier alpha value is -1.17. The van der Waals surface area contributed by atoms with E-state index in [9.17, 15) is 5.11 Å². The summed E-state index contributed by atoms with van der Waals surface area (Å²) < 4.78 is 9.08. The van der Waals surface area contributed by atoms with Crippen LogP contribution < -0.4 is 4.74 Å². The summed E-state index contributed by atoms with van der Waals surface area (Å²) in [5, 5.41) is 15.0. The van der Waals surface area contributed by atoms with Crippen LogP contribution in [0.3, 0.4) is 0 Å². The monoisotopic (exact) mass is 298 g/mol. The lowest BCUT2D eigenvalue weighted by atomic mass is 10.0. The van der Waals surface area contributed by atoms with Crippen molar-refractivity contribution in [3.8, 4) is 5.75 Å². The predicted molar refractivity (Wildman–Crippen MR) is 76.1 cm³/mol. The van der Waals surface area contributed by atoms with E-state index in [0.29, 0.717) is 16.3 Å². The van der Waals surface area contributed by atoms with Gasteiger partial charge in [0, 0.05) is 0 Å². The van der Waals surface area contributed by atoms with E-state index >= 15 is 0 Å². The molecular formula is C13H15ClN2O2S. The Balaban J connectivity index is 2.38. The molecule has 0 spiro atoms. The zero-order chi connectivity index (χ0) is 14.0. The first-order valence-electron chi connectivity index (χ1n) is 5.88. The van der Waals surface area contributed by atoms with Gasteiger partial charge in [0.15, 0.2) is 0 Å². The van der Waals surface area contributed by atoms with E-state index in [1.165, 1.54) is 11.5 Å². The van der Waals surface area contributed by atoms with Gasteiger partial charge in [0.05, 0.1) is 22.7 Å². The summed E-state index contributed by atoms with van der Waals surface area (Å²) in [5.74, 6) is 0.763. The Labute approximate surface area is 121 Å². The van der Waals surface area contributed by atoms with E-state index < -0.39 is 6.10 Å². The first kappa shape index (κ1) is 14.2. The number of aliphatic hydroxyl groups excluding tert-OH is 1. The van der Waals surface area contributed by atoms with Crippen molar-refractivity contribution in [1.82, 2.24) is 9.59 Å². The molecule has 0 aliphatic carbocycles. The molecule has 1 aromatic heterocycles. The molecule has 0 amide bonds. The third kappa shape index (κ3) is 2.88. The molecular weight excluding hydrogens is 284 g/mol. The van der Waals surface area contributed by atoms with Crippen molar-refractivity contribution >= 4 is 23.1 Å². The summed E-state index contributed by atoms with van der Waals surface area (Å²) in [6.07, 6.45) is -0.761. The lowest BCUT2D eigenvalue weighted by Crippen LogP contribution is -2.03. The van der Waals surface area contributed by atoms with Gasteiger partial charge in [-0.25, -0.2) is 0 Å². The first-order valence-corrected chi connectivity index (χ1v) is 7.03. The number of benzene rings is 1. The third-order valence-corrected chi connectivity index (χ3v) is 3.93. The fraction of sp³-hybridized carbons (Fsp3) is 0.385. The van der Waals surface area contributed by atoms with Gasteiger partial charge in [-0.15, -0.1) is 5.10 Å². The second-order valence-corrected chi connectivity index (χ2v) is 5.67. The van der Waals surface area contributed by atoms with E-state index in [4.69, 9.17) is 16.3 Å². The van der Waals surface area contributed by atoms with Crippen LogP contribution in [0.5, 0.6) is 5.75 Å². The molecule has 1 heterocycles. The summed E-state index contributed by atoms with van der Waals surface area (Å²) in [6, 6.07) is 5.22. The molecule has 2 aromatic rings.